The molecule has 0 radical (unpaired) electrons. The zero-order chi connectivity index (χ0) is 18.2. The molecule has 0 aromatic heterocycles. The highest BCUT2D eigenvalue weighted by Crippen LogP contribution is 1.89. The van der Waals surface area contributed by atoms with Crippen LogP contribution in [0.1, 0.15) is 0 Å². The van der Waals surface area contributed by atoms with E-state index in [1.807, 2.05) is 0 Å². The monoisotopic (exact) mass is 342 g/mol. The van der Waals surface area contributed by atoms with Crippen LogP contribution in [0.4, 0.5) is 0 Å². The standard InChI is InChI=1S/C12H16N6O6/c13-17-7-9(19)11(21)15-1-3-23-5-6-24-4-2-16-12(22)10(20)8-18-14/h7-8H,1-6H2,(H2-2,15,16,19,20,21,22)/p+2/b9-7-,10-8-. The summed E-state index contributed by atoms with van der Waals surface area (Å²) >= 11 is 0. The molecule has 12 nitrogen and oxygen atoms in total. The van der Waals surface area contributed by atoms with E-state index in [9.17, 15) is 9.59 Å². The van der Waals surface area contributed by atoms with Crippen molar-refractivity contribution in [2.24, 2.45) is 0 Å². The number of aliphatic hydroxyl groups is 2. The van der Waals surface area contributed by atoms with Gasteiger partial charge in [-0.2, -0.15) is 0 Å². The van der Waals surface area contributed by atoms with Crippen LogP contribution in [0, 0.1) is 10.8 Å². The fourth-order valence-corrected chi connectivity index (χ4v) is 1.20. The van der Waals surface area contributed by atoms with Gasteiger partial charge < -0.3 is 30.3 Å². The number of rotatable bonds is 11. The van der Waals surface area contributed by atoms with E-state index in [-0.39, 0.29) is 39.5 Å². The van der Waals surface area contributed by atoms with Gasteiger partial charge in [-0.25, -0.2) is 0 Å². The molecule has 0 rings (SSSR count). The van der Waals surface area contributed by atoms with Crippen LogP contribution in [-0.4, -0.2) is 61.5 Å². The van der Waals surface area contributed by atoms with Crippen molar-refractivity contribution in [1.82, 2.24) is 10.6 Å². The van der Waals surface area contributed by atoms with Crippen molar-refractivity contribution >= 4 is 11.8 Å². The van der Waals surface area contributed by atoms with Crippen molar-refractivity contribution in [2.45, 2.75) is 0 Å². The Balaban J connectivity index is 3.50. The Morgan fingerprint density at radius 3 is 1.54 bits per heavy atom. The Labute approximate surface area is 137 Å². The van der Waals surface area contributed by atoms with Crippen LogP contribution in [0.2, 0.25) is 0 Å². The summed E-state index contributed by atoms with van der Waals surface area (Å²) in [6, 6.07) is 0. The van der Waals surface area contributed by atoms with Crippen LogP contribution in [0.15, 0.2) is 23.9 Å². The molecule has 2 amide bonds. The van der Waals surface area contributed by atoms with Crippen molar-refractivity contribution in [3.8, 4) is 0 Å². The zero-order valence-electron chi connectivity index (χ0n) is 12.7. The number of hydrogen-bond donors (Lipinski definition) is 4. The molecule has 0 aromatic rings. The second kappa shape index (κ2) is 13.4. The molecule has 0 saturated carbocycles. The minimum absolute atomic E-state index is 0.139. The van der Waals surface area contributed by atoms with Crippen molar-refractivity contribution in [2.75, 3.05) is 39.5 Å². The third kappa shape index (κ3) is 10.5. The fourth-order valence-electron chi connectivity index (χ4n) is 1.20. The van der Waals surface area contributed by atoms with E-state index >= 15 is 0 Å². The highest BCUT2D eigenvalue weighted by Gasteiger charge is 2.11. The topological polar surface area (TPSA) is 173 Å². The van der Waals surface area contributed by atoms with Crippen LogP contribution in [0.3, 0.4) is 0 Å². The molecule has 0 aliphatic rings. The first-order valence-corrected chi connectivity index (χ1v) is 6.71. The van der Waals surface area contributed by atoms with Crippen molar-refractivity contribution in [3.05, 3.63) is 33.9 Å². The Bertz CT molecular complexity index is 511. The van der Waals surface area contributed by atoms with Crippen molar-refractivity contribution in [1.29, 1.82) is 10.8 Å². The summed E-state index contributed by atoms with van der Waals surface area (Å²) in [6.45, 7) is 1.12. The zero-order valence-corrected chi connectivity index (χ0v) is 12.7. The second-order valence-corrected chi connectivity index (χ2v) is 4.00. The molecule has 4 N–H and O–H groups in total. The van der Waals surface area contributed by atoms with Crippen LogP contribution in [0.5, 0.6) is 0 Å². The average molecular weight is 342 g/mol. The maximum atomic E-state index is 11.1. The number of aliphatic hydroxyl groups excluding tert-OH is 2. The average Bonchev–Trinajstić information content (AvgIpc) is 2.56. The molecule has 0 bridgehead atoms. The summed E-state index contributed by atoms with van der Waals surface area (Å²) in [7, 11) is 0. The largest absolute Gasteiger partial charge is 0.498 e. The molecular weight excluding hydrogens is 324 g/mol. The number of carbonyl (C=O) groups excluding carboxylic acids is 2. The van der Waals surface area contributed by atoms with Gasteiger partial charge in [0.15, 0.2) is 9.95 Å². The summed E-state index contributed by atoms with van der Waals surface area (Å²) in [6.07, 6.45) is 1.19. The lowest BCUT2D eigenvalue weighted by Gasteiger charge is -2.07. The van der Waals surface area contributed by atoms with Crippen molar-refractivity contribution in [3.63, 3.8) is 0 Å². The summed E-state index contributed by atoms with van der Waals surface area (Å²) < 4.78 is 10.3. The second-order valence-electron chi connectivity index (χ2n) is 4.00. The Hall–Kier alpha value is -3.22. The third-order valence-electron chi connectivity index (χ3n) is 2.26. The van der Waals surface area contributed by atoms with E-state index in [1.165, 1.54) is 0 Å². The van der Waals surface area contributed by atoms with Crippen molar-refractivity contribution < 1.29 is 29.3 Å². The first-order chi connectivity index (χ1) is 11.5. The maximum absolute atomic E-state index is 11.1. The molecule has 0 saturated heterocycles. The Morgan fingerprint density at radius 2 is 1.21 bits per heavy atom. The van der Waals surface area contributed by atoms with Gasteiger partial charge >= 0.3 is 12.4 Å². The van der Waals surface area contributed by atoms with E-state index in [1.54, 1.807) is 0 Å². The van der Waals surface area contributed by atoms with E-state index in [4.69, 9.17) is 30.5 Å². The summed E-state index contributed by atoms with van der Waals surface area (Å²) in [5.41, 5.74) is 0. The lowest BCUT2D eigenvalue weighted by Crippen LogP contribution is -2.29. The molecule has 0 unspecified atom stereocenters. The number of hydrogen-bond acceptors (Lipinski definition) is 8. The Morgan fingerprint density at radius 1 is 0.833 bits per heavy atom. The maximum Gasteiger partial charge on any atom is 0.397 e. The predicted octanol–water partition coefficient (Wildman–Crippen LogP) is -0.243. The van der Waals surface area contributed by atoms with E-state index < -0.39 is 23.3 Å². The molecular formula is C12H18N6O6+2. The molecule has 0 heterocycles. The molecule has 24 heavy (non-hydrogen) atoms. The summed E-state index contributed by atoms with van der Waals surface area (Å²) in [4.78, 5) is 27.3. The SMILES string of the molecule is N#[N+]/C=C(\O)C(=O)NCCOCCOCCNC(=O)/C(O)=C/[N+]#N. The van der Waals surface area contributed by atoms with Crippen LogP contribution in [-0.2, 0) is 19.1 Å². The number of nitrogens with one attached hydrogen (secondary N) is 2. The van der Waals surface area contributed by atoms with Gasteiger partial charge in [0, 0.05) is 13.1 Å². The number of ether oxygens (including phenoxy) is 2. The summed E-state index contributed by atoms with van der Waals surface area (Å²) in [5.74, 6) is -3.04. The first-order valence-electron chi connectivity index (χ1n) is 6.71. The molecule has 0 atom stereocenters. The lowest BCUT2D eigenvalue weighted by molar-refractivity contribution is -0.121. The smallest absolute Gasteiger partial charge is 0.397 e. The van der Waals surface area contributed by atoms with Crippen LogP contribution >= 0.6 is 0 Å². The Kier molecular flexibility index (Phi) is 11.6. The number of diazo groups is 2. The molecule has 130 valence electrons. The normalized spacial score (nSPS) is 11.2. The number of nitrogens with zero attached hydrogens (tertiary/aromatic N) is 4. The van der Waals surface area contributed by atoms with Gasteiger partial charge in [-0.15, -0.1) is 0 Å². The lowest BCUT2D eigenvalue weighted by atomic mass is 10.5. The summed E-state index contributed by atoms with van der Waals surface area (Å²) in [5, 5.41) is 38.9. The van der Waals surface area contributed by atoms with Gasteiger partial charge in [-0.3, -0.25) is 9.59 Å². The highest BCUT2D eigenvalue weighted by atomic mass is 16.5. The predicted molar refractivity (Wildman–Crippen MR) is 79.2 cm³/mol. The fraction of sp³-hybridized carbons (Fsp3) is 0.500. The van der Waals surface area contributed by atoms with Crippen LogP contribution < -0.4 is 10.6 Å². The highest BCUT2D eigenvalue weighted by molar-refractivity contribution is 5.91. The van der Waals surface area contributed by atoms with Gasteiger partial charge in [-0.1, -0.05) is 0 Å². The van der Waals surface area contributed by atoms with Gasteiger partial charge in [0.2, 0.25) is 10.8 Å². The van der Waals surface area contributed by atoms with E-state index in [0.29, 0.717) is 12.4 Å². The molecule has 0 aliphatic heterocycles. The van der Waals surface area contributed by atoms with E-state index in [0.717, 1.165) is 0 Å². The third-order valence-corrected chi connectivity index (χ3v) is 2.26. The van der Waals surface area contributed by atoms with Gasteiger partial charge in [-0.05, 0) is 0 Å². The molecule has 0 aliphatic carbocycles. The molecule has 0 fully saturated rings. The van der Waals surface area contributed by atoms with Gasteiger partial charge in [0.25, 0.3) is 23.3 Å². The van der Waals surface area contributed by atoms with Gasteiger partial charge in [0.1, 0.15) is 0 Å². The van der Waals surface area contributed by atoms with Crippen LogP contribution in [0.25, 0.3) is 9.95 Å². The van der Waals surface area contributed by atoms with Gasteiger partial charge in [0.05, 0.1) is 26.4 Å². The molecule has 0 aromatic carbocycles. The first kappa shape index (κ1) is 20.8. The van der Waals surface area contributed by atoms with E-state index in [2.05, 4.69) is 20.6 Å². The molecule has 0 spiro atoms. The number of carbonyl (C=O) groups is 2. The number of amides is 2. The quantitative estimate of drug-likeness (QED) is 0.172. The molecule has 12 heteroatoms. The minimum atomic E-state index is -0.797. The minimum Gasteiger partial charge on any atom is -0.498 e.